The first-order valence-electron chi connectivity index (χ1n) is 9.36. The van der Waals surface area contributed by atoms with Gasteiger partial charge in [0.25, 0.3) is 0 Å². The summed E-state index contributed by atoms with van der Waals surface area (Å²) in [4.78, 5) is 14.7. The van der Waals surface area contributed by atoms with Gasteiger partial charge in [0.2, 0.25) is 17.7 Å². The van der Waals surface area contributed by atoms with Crippen molar-refractivity contribution in [3.63, 3.8) is 0 Å². The van der Waals surface area contributed by atoms with Crippen LogP contribution in [0.2, 0.25) is 0 Å². The van der Waals surface area contributed by atoms with Crippen LogP contribution in [-0.2, 0) is 9.53 Å². The molecule has 1 atom stereocenters. The van der Waals surface area contributed by atoms with Crippen molar-refractivity contribution in [2.24, 2.45) is 0 Å². The zero-order valence-corrected chi connectivity index (χ0v) is 17.1. The quantitative estimate of drug-likeness (QED) is 0.615. The highest BCUT2D eigenvalue weighted by Crippen LogP contribution is 2.30. The lowest BCUT2D eigenvalue weighted by molar-refractivity contribution is -0.115. The second-order valence-corrected chi connectivity index (χ2v) is 7.94. The van der Waals surface area contributed by atoms with E-state index in [9.17, 15) is 4.79 Å². The Balaban J connectivity index is 1.57. The van der Waals surface area contributed by atoms with Gasteiger partial charge in [-0.25, -0.2) is 0 Å². The van der Waals surface area contributed by atoms with Crippen LogP contribution in [0.3, 0.4) is 0 Å². The highest BCUT2D eigenvalue weighted by atomic mass is 32.2. The summed E-state index contributed by atoms with van der Waals surface area (Å²) in [6, 6.07) is 11.6. The van der Waals surface area contributed by atoms with E-state index in [0.29, 0.717) is 29.9 Å². The molecule has 1 fully saturated rings. The van der Waals surface area contributed by atoms with Gasteiger partial charge in [0.05, 0.1) is 29.8 Å². The van der Waals surface area contributed by atoms with Crippen molar-refractivity contribution in [2.75, 3.05) is 36.5 Å². The highest BCUT2D eigenvalue weighted by molar-refractivity contribution is 8.00. The van der Waals surface area contributed by atoms with Gasteiger partial charge < -0.3 is 14.2 Å². The molecule has 0 saturated carbocycles. The summed E-state index contributed by atoms with van der Waals surface area (Å²) in [6.45, 7) is 6.42. The van der Waals surface area contributed by atoms with E-state index in [0.717, 1.165) is 24.7 Å². The average molecular weight is 414 g/mol. The number of benzene rings is 1. The van der Waals surface area contributed by atoms with Gasteiger partial charge in [0.1, 0.15) is 0 Å². The molecule has 152 valence electrons. The summed E-state index contributed by atoms with van der Waals surface area (Å²) in [5.74, 6) is 0.889. The predicted octanol–water partition coefficient (Wildman–Crippen LogP) is 2.52. The van der Waals surface area contributed by atoms with Crippen molar-refractivity contribution in [3.8, 4) is 5.69 Å². The number of hydrogen-bond acceptors (Lipinski definition) is 8. The van der Waals surface area contributed by atoms with Crippen molar-refractivity contribution in [3.05, 3.63) is 42.1 Å². The number of thioether (sulfide) groups is 1. The minimum atomic E-state index is -0.412. The molecule has 0 aliphatic carbocycles. The first-order chi connectivity index (χ1) is 14.1. The lowest BCUT2D eigenvalue weighted by Gasteiger charge is -2.28. The van der Waals surface area contributed by atoms with Gasteiger partial charge in [-0.2, -0.15) is 0 Å². The Morgan fingerprint density at radius 3 is 2.66 bits per heavy atom. The Hall–Kier alpha value is -2.85. The Bertz CT molecular complexity index is 967. The molecule has 1 aliphatic rings. The number of hydrogen-bond donors (Lipinski definition) is 1. The van der Waals surface area contributed by atoms with E-state index in [1.54, 1.807) is 13.0 Å². The monoisotopic (exact) mass is 414 g/mol. The number of anilines is 2. The van der Waals surface area contributed by atoms with Gasteiger partial charge in [0, 0.05) is 19.2 Å². The molecular weight excluding hydrogens is 392 g/mol. The maximum Gasteiger partial charge on any atom is 0.240 e. The third-order valence-electron chi connectivity index (χ3n) is 4.45. The summed E-state index contributed by atoms with van der Waals surface area (Å²) >= 11 is 1.34. The largest absolute Gasteiger partial charge is 0.378 e. The van der Waals surface area contributed by atoms with E-state index < -0.39 is 5.25 Å². The molecular formula is C19H22N6O3S. The van der Waals surface area contributed by atoms with Crippen LogP contribution in [0.15, 0.2) is 46.1 Å². The maximum atomic E-state index is 12.6. The Labute approximate surface area is 172 Å². The predicted molar refractivity (Wildman–Crippen MR) is 110 cm³/mol. The van der Waals surface area contributed by atoms with Gasteiger partial charge in [-0.1, -0.05) is 35.1 Å². The molecule has 3 heterocycles. The molecule has 4 rings (SSSR count). The first kappa shape index (κ1) is 19.5. The first-order valence-corrected chi connectivity index (χ1v) is 10.2. The van der Waals surface area contributed by atoms with Crippen LogP contribution in [0.5, 0.6) is 0 Å². The van der Waals surface area contributed by atoms with E-state index in [1.807, 2.05) is 41.8 Å². The lowest BCUT2D eigenvalue weighted by atomic mass is 10.3. The number of amides is 1. The Kier molecular flexibility index (Phi) is 5.81. The molecule has 1 aliphatic heterocycles. The molecule has 1 unspecified atom stereocenters. The second kappa shape index (κ2) is 8.66. The smallest absolute Gasteiger partial charge is 0.240 e. The summed E-state index contributed by atoms with van der Waals surface area (Å²) < 4.78 is 12.5. The van der Waals surface area contributed by atoms with Crippen molar-refractivity contribution >= 4 is 29.5 Å². The molecule has 10 heteroatoms. The molecule has 1 saturated heterocycles. The van der Waals surface area contributed by atoms with Crippen LogP contribution in [0.1, 0.15) is 12.6 Å². The number of nitrogens with one attached hydrogen (secondary N) is 1. The molecule has 29 heavy (non-hydrogen) atoms. The standard InChI is InChI=1S/C19H22N6O3S/c1-13-12-16(28-23-13)20-17(26)14(2)29-19-22-21-18(24-8-10-27-11-9-24)25(19)15-6-4-3-5-7-15/h3-7,12,14H,8-11H2,1-2H3,(H,20,26). The molecule has 2 aromatic heterocycles. The number of para-hydroxylation sites is 1. The third-order valence-corrected chi connectivity index (χ3v) is 5.49. The summed E-state index contributed by atoms with van der Waals surface area (Å²) in [5, 5.41) is 15.6. The van der Waals surface area contributed by atoms with E-state index in [2.05, 4.69) is 25.6 Å². The number of rotatable bonds is 6. The number of aryl methyl sites for hydroxylation is 1. The van der Waals surface area contributed by atoms with E-state index in [-0.39, 0.29) is 5.91 Å². The van der Waals surface area contributed by atoms with Gasteiger partial charge >= 0.3 is 0 Å². The summed E-state index contributed by atoms with van der Waals surface area (Å²) in [6.07, 6.45) is 0. The minimum absolute atomic E-state index is 0.193. The fraction of sp³-hybridized carbons (Fsp3) is 0.368. The van der Waals surface area contributed by atoms with Crippen LogP contribution in [0.4, 0.5) is 11.8 Å². The van der Waals surface area contributed by atoms with Gasteiger partial charge in [0.15, 0.2) is 5.16 Å². The number of aromatic nitrogens is 4. The van der Waals surface area contributed by atoms with Crippen LogP contribution < -0.4 is 10.2 Å². The van der Waals surface area contributed by atoms with Crippen molar-refractivity contribution in [1.82, 2.24) is 19.9 Å². The molecule has 1 N–H and O–H groups in total. The SMILES string of the molecule is Cc1cc(NC(=O)C(C)Sc2nnc(N3CCOCC3)n2-c2ccccc2)on1. The Morgan fingerprint density at radius 2 is 1.97 bits per heavy atom. The van der Waals surface area contributed by atoms with Crippen LogP contribution in [0.25, 0.3) is 5.69 Å². The molecule has 0 bridgehead atoms. The normalized spacial score (nSPS) is 15.3. The number of carbonyl (C=O) groups is 1. The summed E-state index contributed by atoms with van der Waals surface area (Å²) in [5.41, 5.74) is 1.65. The van der Waals surface area contributed by atoms with Gasteiger partial charge in [-0.05, 0) is 26.0 Å². The topological polar surface area (TPSA) is 98.3 Å². The van der Waals surface area contributed by atoms with E-state index in [1.165, 1.54) is 11.8 Å². The molecule has 3 aromatic rings. The van der Waals surface area contributed by atoms with Crippen LogP contribution in [-0.4, -0.2) is 57.4 Å². The fourth-order valence-electron chi connectivity index (χ4n) is 2.97. The molecule has 0 radical (unpaired) electrons. The lowest BCUT2D eigenvalue weighted by Crippen LogP contribution is -2.37. The molecule has 1 aromatic carbocycles. The zero-order chi connectivity index (χ0) is 20.2. The Morgan fingerprint density at radius 1 is 1.21 bits per heavy atom. The summed E-state index contributed by atoms with van der Waals surface area (Å²) in [7, 11) is 0. The average Bonchev–Trinajstić information content (AvgIpc) is 3.35. The number of carbonyl (C=O) groups excluding carboxylic acids is 1. The highest BCUT2D eigenvalue weighted by Gasteiger charge is 2.25. The second-order valence-electron chi connectivity index (χ2n) is 6.63. The van der Waals surface area contributed by atoms with E-state index >= 15 is 0 Å². The maximum absolute atomic E-state index is 12.6. The van der Waals surface area contributed by atoms with Crippen LogP contribution >= 0.6 is 11.8 Å². The molecule has 1 amide bonds. The fourth-order valence-corrected chi connectivity index (χ4v) is 3.83. The van der Waals surface area contributed by atoms with Crippen molar-refractivity contribution in [2.45, 2.75) is 24.3 Å². The molecule has 9 nitrogen and oxygen atoms in total. The van der Waals surface area contributed by atoms with Gasteiger partial charge in [-0.15, -0.1) is 10.2 Å². The van der Waals surface area contributed by atoms with Gasteiger partial charge in [-0.3, -0.25) is 14.7 Å². The number of ether oxygens (including phenoxy) is 1. The minimum Gasteiger partial charge on any atom is -0.378 e. The van der Waals surface area contributed by atoms with E-state index in [4.69, 9.17) is 9.26 Å². The number of nitrogens with zero attached hydrogens (tertiary/aromatic N) is 5. The number of morpholine rings is 1. The van der Waals surface area contributed by atoms with Crippen molar-refractivity contribution < 1.29 is 14.1 Å². The van der Waals surface area contributed by atoms with Crippen molar-refractivity contribution in [1.29, 1.82) is 0 Å². The zero-order valence-electron chi connectivity index (χ0n) is 16.2. The molecule has 0 spiro atoms. The third kappa shape index (κ3) is 4.43. The van der Waals surface area contributed by atoms with Crippen LogP contribution in [0, 0.1) is 6.92 Å².